The van der Waals surface area contributed by atoms with Crippen LogP contribution in [0.4, 0.5) is 5.82 Å². The summed E-state index contributed by atoms with van der Waals surface area (Å²) in [6, 6.07) is 5.49. The summed E-state index contributed by atoms with van der Waals surface area (Å²) in [5.41, 5.74) is 1.28. The number of rotatable bonds is 6. The van der Waals surface area contributed by atoms with Crippen LogP contribution < -0.4 is 19.5 Å². The smallest absolute Gasteiger partial charge is 0.237 e. The Hall–Kier alpha value is -3.95. The van der Waals surface area contributed by atoms with Gasteiger partial charge in [0, 0.05) is 18.5 Å². The Morgan fingerprint density at radius 2 is 2.11 bits per heavy atom. The number of anilines is 1. The predicted octanol–water partition coefficient (Wildman–Crippen LogP) is 1.83. The lowest BCUT2D eigenvalue weighted by molar-refractivity contribution is 0.174. The van der Waals surface area contributed by atoms with Gasteiger partial charge in [-0.3, -0.25) is 4.57 Å². The average Bonchev–Trinajstić information content (AvgIpc) is 3.42. The molecule has 0 radical (unpaired) electrons. The van der Waals surface area contributed by atoms with Gasteiger partial charge in [0.1, 0.15) is 36.0 Å². The number of hydrogen-bond acceptors (Lipinski definition) is 9. The quantitative estimate of drug-likeness (QED) is 0.503. The molecule has 0 bridgehead atoms. The molecule has 0 amide bonds. The van der Waals surface area contributed by atoms with E-state index in [0.29, 0.717) is 47.5 Å². The normalized spacial score (nSPS) is 12.3. The van der Waals surface area contributed by atoms with Crippen LogP contribution in [-0.2, 0) is 0 Å². The first kappa shape index (κ1) is 16.2. The molecule has 4 aromatic rings. The van der Waals surface area contributed by atoms with Crippen LogP contribution in [0.3, 0.4) is 0 Å². The van der Waals surface area contributed by atoms with Gasteiger partial charge in [0.15, 0.2) is 17.3 Å². The number of nitrogens with zero attached hydrogens (tertiary/aromatic N) is 6. The first-order chi connectivity index (χ1) is 13.9. The molecule has 28 heavy (non-hydrogen) atoms. The SMILES string of the molecule is c1cn(-c2nc(NCCOc3ccc4c(c3)OCO4)c3ncncc3n2)cn1. The number of ether oxygens (including phenoxy) is 3. The molecule has 1 aliphatic heterocycles. The molecule has 140 valence electrons. The molecule has 0 saturated heterocycles. The molecule has 1 aromatic carbocycles. The van der Waals surface area contributed by atoms with Crippen LogP contribution in [-0.4, -0.2) is 49.4 Å². The number of benzene rings is 1. The molecule has 0 saturated carbocycles. The highest BCUT2D eigenvalue weighted by Gasteiger charge is 2.14. The fourth-order valence-electron chi connectivity index (χ4n) is 2.79. The summed E-state index contributed by atoms with van der Waals surface area (Å²) in [6.07, 6.45) is 8.20. The van der Waals surface area contributed by atoms with Crippen molar-refractivity contribution in [3.05, 3.63) is 49.4 Å². The van der Waals surface area contributed by atoms with Gasteiger partial charge in [-0.15, -0.1) is 0 Å². The van der Waals surface area contributed by atoms with E-state index in [2.05, 4.69) is 30.2 Å². The van der Waals surface area contributed by atoms with Crippen LogP contribution in [0, 0.1) is 0 Å². The largest absolute Gasteiger partial charge is 0.492 e. The van der Waals surface area contributed by atoms with E-state index in [-0.39, 0.29) is 6.79 Å². The molecule has 1 aliphatic rings. The first-order valence-corrected chi connectivity index (χ1v) is 8.59. The van der Waals surface area contributed by atoms with Crippen LogP contribution in [0.15, 0.2) is 49.4 Å². The van der Waals surface area contributed by atoms with E-state index in [1.807, 2.05) is 18.2 Å². The molecule has 1 N–H and O–H groups in total. The Balaban J connectivity index is 1.31. The Morgan fingerprint density at radius 3 is 3.04 bits per heavy atom. The zero-order valence-corrected chi connectivity index (χ0v) is 14.6. The molecule has 0 unspecified atom stereocenters. The van der Waals surface area contributed by atoms with Gasteiger partial charge in [-0.1, -0.05) is 0 Å². The first-order valence-electron chi connectivity index (χ1n) is 8.59. The highest BCUT2D eigenvalue weighted by atomic mass is 16.7. The standard InChI is InChI=1S/C18H15N7O3/c1-2-14-15(28-11-27-14)7-12(1)26-6-4-21-17-16-13(8-20-9-22-16)23-18(24-17)25-5-3-19-10-25/h1-3,5,7-10H,4,6,11H2,(H,21,23,24). The van der Waals surface area contributed by atoms with Crippen molar-refractivity contribution in [1.29, 1.82) is 0 Å². The van der Waals surface area contributed by atoms with Crippen LogP contribution in [0.25, 0.3) is 17.0 Å². The van der Waals surface area contributed by atoms with Crippen LogP contribution in [0.5, 0.6) is 17.2 Å². The second kappa shape index (κ2) is 6.99. The van der Waals surface area contributed by atoms with Crippen molar-refractivity contribution in [1.82, 2.24) is 29.5 Å². The summed E-state index contributed by atoms with van der Waals surface area (Å²) in [6.45, 7) is 1.19. The van der Waals surface area contributed by atoms with E-state index < -0.39 is 0 Å². The van der Waals surface area contributed by atoms with Gasteiger partial charge in [-0.2, -0.15) is 4.98 Å². The number of fused-ring (bicyclic) bond motifs is 2. The maximum absolute atomic E-state index is 5.78. The van der Waals surface area contributed by atoms with E-state index in [4.69, 9.17) is 14.2 Å². The van der Waals surface area contributed by atoms with Crippen LogP contribution in [0.2, 0.25) is 0 Å². The van der Waals surface area contributed by atoms with E-state index in [1.165, 1.54) is 6.33 Å². The minimum atomic E-state index is 0.238. The molecule has 10 heteroatoms. The van der Waals surface area contributed by atoms with Crippen molar-refractivity contribution < 1.29 is 14.2 Å². The van der Waals surface area contributed by atoms with E-state index in [1.54, 1.807) is 29.5 Å². The van der Waals surface area contributed by atoms with E-state index in [9.17, 15) is 0 Å². The van der Waals surface area contributed by atoms with Crippen molar-refractivity contribution in [2.75, 3.05) is 25.3 Å². The van der Waals surface area contributed by atoms with Crippen LogP contribution in [0.1, 0.15) is 0 Å². The van der Waals surface area contributed by atoms with Crippen molar-refractivity contribution in [3.63, 3.8) is 0 Å². The third kappa shape index (κ3) is 3.11. The molecule has 0 atom stereocenters. The Bertz CT molecular complexity index is 1120. The summed E-state index contributed by atoms with van der Waals surface area (Å²) in [7, 11) is 0. The second-order valence-corrected chi connectivity index (χ2v) is 5.89. The van der Waals surface area contributed by atoms with Crippen molar-refractivity contribution >= 4 is 16.9 Å². The van der Waals surface area contributed by atoms with E-state index in [0.717, 1.165) is 5.75 Å². The molecule has 0 fully saturated rings. The molecule has 5 rings (SSSR count). The highest BCUT2D eigenvalue weighted by Crippen LogP contribution is 2.35. The lowest BCUT2D eigenvalue weighted by atomic mass is 10.3. The Morgan fingerprint density at radius 1 is 1.14 bits per heavy atom. The number of imidazole rings is 1. The Kier molecular flexibility index (Phi) is 4.05. The zero-order valence-electron chi connectivity index (χ0n) is 14.6. The molecular weight excluding hydrogens is 362 g/mol. The van der Waals surface area contributed by atoms with Gasteiger partial charge in [-0.25, -0.2) is 19.9 Å². The van der Waals surface area contributed by atoms with Gasteiger partial charge >= 0.3 is 0 Å². The number of nitrogens with one attached hydrogen (secondary N) is 1. The Labute approximate surface area is 159 Å². The fourth-order valence-corrected chi connectivity index (χ4v) is 2.79. The molecule has 10 nitrogen and oxygen atoms in total. The third-order valence-corrected chi connectivity index (χ3v) is 4.09. The average molecular weight is 377 g/mol. The zero-order chi connectivity index (χ0) is 18.8. The number of hydrogen-bond donors (Lipinski definition) is 1. The topological polar surface area (TPSA) is 109 Å². The minimum Gasteiger partial charge on any atom is -0.492 e. The summed E-state index contributed by atoms with van der Waals surface area (Å²) in [5, 5.41) is 3.26. The predicted molar refractivity (Wildman–Crippen MR) is 98.8 cm³/mol. The monoisotopic (exact) mass is 377 g/mol. The molecule has 4 heterocycles. The van der Waals surface area contributed by atoms with Crippen LogP contribution >= 0.6 is 0 Å². The fraction of sp³-hybridized carbons (Fsp3) is 0.167. The lowest BCUT2D eigenvalue weighted by Gasteiger charge is -2.11. The van der Waals surface area contributed by atoms with Gasteiger partial charge in [0.05, 0.1) is 12.7 Å². The molecule has 0 spiro atoms. The lowest BCUT2D eigenvalue weighted by Crippen LogP contribution is -2.14. The van der Waals surface area contributed by atoms with Crippen molar-refractivity contribution in [3.8, 4) is 23.2 Å². The maximum Gasteiger partial charge on any atom is 0.237 e. The molecule has 3 aromatic heterocycles. The summed E-state index contributed by atoms with van der Waals surface area (Å²) < 4.78 is 18.2. The summed E-state index contributed by atoms with van der Waals surface area (Å²) in [4.78, 5) is 21.4. The summed E-state index contributed by atoms with van der Waals surface area (Å²) >= 11 is 0. The molecule has 0 aliphatic carbocycles. The van der Waals surface area contributed by atoms with Gasteiger partial charge < -0.3 is 19.5 Å². The highest BCUT2D eigenvalue weighted by molar-refractivity contribution is 5.84. The third-order valence-electron chi connectivity index (χ3n) is 4.09. The van der Waals surface area contributed by atoms with Gasteiger partial charge in [0.2, 0.25) is 12.7 Å². The second-order valence-electron chi connectivity index (χ2n) is 5.89. The van der Waals surface area contributed by atoms with Crippen molar-refractivity contribution in [2.45, 2.75) is 0 Å². The number of aromatic nitrogens is 6. The van der Waals surface area contributed by atoms with Crippen molar-refractivity contribution in [2.24, 2.45) is 0 Å². The maximum atomic E-state index is 5.78. The minimum absolute atomic E-state index is 0.238. The van der Waals surface area contributed by atoms with E-state index >= 15 is 0 Å². The summed E-state index contributed by atoms with van der Waals surface area (Å²) in [5.74, 6) is 3.21. The van der Waals surface area contributed by atoms with Gasteiger partial charge in [0.25, 0.3) is 0 Å². The van der Waals surface area contributed by atoms with Gasteiger partial charge in [-0.05, 0) is 12.1 Å². The molecular formula is C18H15N7O3.